The van der Waals surface area contributed by atoms with E-state index < -0.39 is 0 Å². The van der Waals surface area contributed by atoms with Crippen LogP contribution in [0.4, 0.5) is 0 Å². The average Bonchev–Trinajstić information content (AvgIpc) is 2.66. The van der Waals surface area contributed by atoms with E-state index in [1.165, 1.54) is 19.3 Å². The van der Waals surface area contributed by atoms with Gasteiger partial charge in [0.2, 0.25) is 0 Å². The SMILES string of the molecule is CC1CCC2C(CCC2(C)O)C2C1C2(C)C. The van der Waals surface area contributed by atoms with Crippen LogP contribution in [0.5, 0.6) is 0 Å². The van der Waals surface area contributed by atoms with Crippen molar-refractivity contribution in [1.82, 2.24) is 0 Å². The highest BCUT2D eigenvalue weighted by atomic mass is 16.3. The summed E-state index contributed by atoms with van der Waals surface area (Å²) >= 11 is 0. The Bertz CT molecular complexity index is 305. The lowest BCUT2D eigenvalue weighted by molar-refractivity contribution is 0.00276. The van der Waals surface area contributed by atoms with Crippen molar-refractivity contribution in [3.05, 3.63) is 0 Å². The summed E-state index contributed by atoms with van der Waals surface area (Å²) in [6.45, 7) is 9.42. The minimum absolute atomic E-state index is 0.363. The molecule has 0 spiro atoms. The van der Waals surface area contributed by atoms with E-state index in [1.54, 1.807) is 0 Å². The van der Waals surface area contributed by atoms with Gasteiger partial charge in [0.15, 0.2) is 0 Å². The van der Waals surface area contributed by atoms with Crippen LogP contribution in [-0.4, -0.2) is 10.7 Å². The zero-order chi connectivity index (χ0) is 11.7. The summed E-state index contributed by atoms with van der Waals surface area (Å²) in [7, 11) is 0. The molecule has 0 saturated heterocycles. The molecule has 0 aromatic rings. The number of hydrogen-bond acceptors (Lipinski definition) is 1. The van der Waals surface area contributed by atoms with Gasteiger partial charge < -0.3 is 5.11 Å². The first kappa shape index (κ1) is 11.1. The zero-order valence-corrected chi connectivity index (χ0v) is 11.2. The van der Waals surface area contributed by atoms with Crippen LogP contribution in [0, 0.1) is 35.0 Å². The molecule has 0 aliphatic heterocycles. The van der Waals surface area contributed by atoms with Gasteiger partial charge in [0.25, 0.3) is 0 Å². The van der Waals surface area contributed by atoms with Gasteiger partial charge in [-0.1, -0.05) is 27.2 Å². The van der Waals surface area contributed by atoms with E-state index in [0.29, 0.717) is 11.3 Å². The molecule has 3 aliphatic carbocycles. The molecule has 1 heteroatoms. The smallest absolute Gasteiger partial charge is 0.0650 e. The Kier molecular flexibility index (Phi) is 2.11. The average molecular weight is 222 g/mol. The fraction of sp³-hybridized carbons (Fsp3) is 1.00. The normalized spacial score (nSPS) is 58.7. The predicted octanol–water partition coefficient (Wildman–Crippen LogP) is 3.47. The van der Waals surface area contributed by atoms with Gasteiger partial charge in [-0.3, -0.25) is 0 Å². The van der Waals surface area contributed by atoms with Crippen molar-refractivity contribution < 1.29 is 5.11 Å². The molecular weight excluding hydrogens is 196 g/mol. The van der Waals surface area contributed by atoms with Gasteiger partial charge in [-0.15, -0.1) is 0 Å². The third-order valence-electron chi connectivity index (χ3n) is 6.30. The molecule has 0 amide bonds. The molecule has 0 radical (unpaired) electrons. The minimum Gasteiger partial charge on any atom is -0.390 e. The highest BCUT2D eigenvalue weighted by Crippen LogP contribution is 2.71. The Morgan fingerprint density at radius 1 is 1.00 bits per heavy atom. The molecule has 3 fully saturated rings. The van der Waals surface area contributed by atoms with Crippen molar-refractivity contribution in [1.29, 1.82) is 0 Å². The quantitative estimate of drug-likeness (QED) is 0.665. The lowest BCUT2D eigenvalue weighted by atomic mass is 9.79. The van der Waals surface area contributed by atoms with Crippen LogP contribution in [0.3, 0.4) is 0 Å². The zero-order valence-electron chi connectivity index (χ0n) is 11.2. The fourth-order valence-electron chi connectivity index (χ4n) is 5.51. The van der Waals surface area contributed by atoms with Crippen molar-refractivity contribution in [2.75, 3.05) is 0 Å². The second-order valence-electron chi connectivity index (χ2n) is 7.59. The molecule has 1 nitrogen and oxygen atoms in total. The van der Waals surface area contributed by atoms with E-state index in [4.69, 9.17) is 0 Å². The van der Waals surface area contributed by atoms with Crippen molar-refractivity contribution >= 4 is 0 Å². The first-order chi connectivity index (χ1) is 7.36. The van der Waals surface area contributed by atoms with E-state index in [1.807, 2.05) is 0 Å². The minimum atomic E-state index is -0.363. The van der Waals surface area contributed by atoms with Crippen molar-refractivity contribution in [3.63, 3.8) is 0 Å². The Morgan fingerprint density at radius 2 is 1.69 bits per heavy atom. The summed E-state index contributed by atoms with van der Waals surface area (Å²) in [4.78, 5) is 0. The van der Waals surface area contributed by atoms with Crippen LogP contribution in [0.1, 0.15) is 53.4 Å². The van der Waals surface area contributed by atoms with Gasteiger partial charge in [0, 0.05) is 0 Å². The molecule has 6 unspecified atom stereocenters. The maximum absolute atomic E-state index is 10.5. The van der Waals surface area contributed by atoms with Crippen LogP contribution < -0.4 is 0 Å². The van der Waals surface area contributed by atoms with Gasteiger partial charge in [-0.25, -0.2) is 0 Å². The van der Waals surface area contributed by atoms with Crippen LogP contribution >= 0.6 is 0 Å². The van der Waals surface area contributed by atoms with Crippen LogP contribution in [-0.2, 0) is 0 Å². The summed E-state index contributed by atoms with van der Waals surface area (Å²) in [5, 5.41) is 10.5. The predicted molar refractivity (Wildman–Crippen MR) is 66.0 cm³/mol. The second-order valence-corrected chi connectivity index (χ2v) is 7.59. The summed E-state index contributed by atoms with van der Waals surface area (Å²) in [5.74, 6) is 4.13. The fourth-order valence-corrected chi connectivity index (χ4v) is 5.51. The van der Waals surface area contributed by atoms with Crippen LogP contribution in [0.25, 0.3) is 0 Å². The van der Waals surface area contributed by atoms with Crippen molar-refractivity contribution in [2.24, 2.45) is 35.0 Å². The lowest BCUT2D eigenvalue weighted by Crippen LogP contribution is -2.32. The van der Waals surface area contributed by atoms with Gasteiger partial charge in [-0.2, -0.15) is 0 Å². The summed E-state index contributed by atoms with van der Waals surface area (Å²) in [5.41, 5.74) is 0.196. The molecule has 92 valence electrons. The maximum Gasteiger partial charge on any atom is 0.0650 e. The molecule has 0 aromatic heterocycles. The van der Waals surface area contributed by atoms with Crippen molar-refractivity contribution in [2.45, 2.75) is 59.0 Å². The largest absolute Gasteiger partial charge is 0.390 e. The third kappa shape index (κ3) is 1.27. The molecule has 0 aromatic carbocycles. The van der Waals surface area contributed by atoms with Gasteiger partial charge in [0.1, 0.15) is 0 Å². The molecule has 3 saturated carbocycles. The standard InChI is InChI=1S/C15H26O/c1-9-5-6-11-10(7-8-15(11,4)16)13-12(9)14(13,2)3/h9-13,16H,5-8H2,1-4H3. The number of fused-ring (bicyclic) bond motifs is 3. The molecule has 1 N–H and O–H groups in total. The number of hydrogen-bond donors (Lipinski definition) is 1. The summed E-state index contributed by atoms with van der Waals surface area (Å²) in [6.07, 6.45) is 4.91. The van der Waals surface area contributed by atoms with E-state index >= 15 is 0 Å². The highest BCUT2D eigenvalue weighted by molar-refractivity contribution is 5.15. The highest BCUT2D eigenvalue weighted by Gasteiger charge is 2.66. The lowest BCUT2D eigenvalue weighted by Gasteiger charge is -2.30. The Labute approximate surface area is 99.6 Å². The van der Waals surface area contributed by atoms with E-state index in [9.17, 15) is 5.11 Å². The van der Waals surface area contributed by atoms with Gasteiger partial charge in [-0.05, 0) is 61.2 Å². The topological polar surface area (TPSA) is 20.2 Å². The second kappa shape index (κ2) is 3.04. The molecule has 0 bridgehead atoms. The van der Waals surface area contributed by atoms with Crippen LogP contribution in [0.2, 0.25) is 0 Å². The van der Waals surface area contributed by atoms with E-state index in [-0.39, 0.29) is 5.60 Å². The Balaban J connectivity index is 1.91. The molecule has 6 atom stereocenters. The first-order valence-electron chi connectivity index (χ1n) is 7.08. The summed E-state index contributed by atoms with van der Waals surface area (Å²) in [6, 6.07) is 0. The van der Waals surface area contributed by atoms with E-state index in [2.05, 4.69) is 27.7 Å². The monoisotopic (exact) mass is 222 g/mol. The maximum atomic E-state index is 10.5. The Morgan fingerprint density at radius 3 is 2.38 bits per heavy atom. The van der Waals surface area contributed by atoms with E-state index in [0.717, 1.165) is 30.1 Å². The third-order valence-corrected chi connectivity index (χ3v) is 6.30. The number of rotatable bonds is 0. The molecular formula is C15H26O. The molecule has 16 heavy (non-hydrogen) atoms. The summed E-state index contributed by atoms with van der Waals surface area (Å²) < 4.78 is 0. The Hall–Kier alpha value is -0.0400. The van der Waals surface area contributed by atoms with Gasteiger partial charge in [0.05, 0.1) is 5.60 Å². The van der Waals surface area contributed by atoms with Crippen LogP contribution in [0.15, 0.2) is 0 Å². The van der Waals surface area contributed by atoms with Gasteiger partial charge >= 0.3 is 0 Å². The van der Waals surface area contributed by atoms with Crippen molar-refractivity contribution in [3.8, 4) is 0 Å². The molecule has 3 rings (SSSR count). The first-order valence-corrected chi connectivity index (χ1v) is 7.08. The number of aliphatic hydroxyl groups is 1. The molecule has 3 aliphatic rings. The molecule has 0 heterocycles.